The quantitative estimate of drug-likeness (QED) is 0.507. The van der Waals surface area contributed by atoms with Crippen molar-refractivity contribution in [1.29, 1.82) is 5.26 Å². The maximum atomic E-state index is 12.6. The Kier molecular flexibility index (Phi) is 6.31. The smallest absolute Gasteiger partial charge is 0.339 e. The molecule has 2 aromatic rings. The minimum atomic E-state index is -4.04. The zero-order valence-corrected chi connectivity index (χ0v) is 17.8. The molecule has 0 saturated carbocycles. The lowest BCUT2D eigenvalue weighted by molar-refractivity contribution is 0.254. The van der Waals surface area contributed by atoms with Crippen molar-refractivity contribution in [3.63, 3.8) is 0 Å². The first-order valence-electron chi connectivity index (χ1n) is 8.32. The zero-order chi connectivity index (χ0) is 20.2. The number of aryl methyl sites for hydroxylation is 1. The zero-order valence-electron chi connectivity index (χ0n) is 16.0. The lowest BCUT2D eigenvalue weighted by Crippen LogP contribution is -2.27. The summed E-state index contributed by atoms with van der Waals surface area (Å²) in [5, 5.41) is 9.45. The van der Waals surface area contributed by atoms with E-state index < -0.39 is 24.5 Å². The molecule has 0 aliphatic rings. The molecule has 0 aliphatic heterocycles. The molecular formula is C19H23NO5SSi. The van der Waals surface area contributed by atoms with E-state index in [4.69, 9.17) is 13.3 Å². The summed E-state index contributed by atoms with van der Waals surface area (Å²) >= 11 is 0. The van der Waals surface area contributed by atoms with Gasteiger partial charge in [0.15, 0.2) is 25.9 Å². The molecule has 2 rings (SSSR count). The summed E-state index contributed by atoms with van der Waals surface area (Å²) in [7, 11) is -4.61. The van der Waals surface area contributed by atoms with Gasteiger partial charge in [0, 0.05) is 0 Å². The number of benzene rings is 2. The summed E-state index contributed by atoms with van der Waals surface area (Å²) in [5.74, 6) is 0.258. The van der Waals surface area contributed by atoms with Crippen LogP contribution in [-0.4, -0.2) is 23.8 Å². The molecule has 0 N–H and O–H groups in total. The molecule has 0 heterocycles. The molecule has 2 aromatic carbocycles. The summed E-state index contributed by atoms with van der Waals surface area (Å²) in [6.07, 6.45) is -0.813. The Bertz CT molecular complexity index is 944. The second-order valence-electron chi connectivity index (χ2n) is 7.00. The second-order valence-corrected chi connectivity index (χ2v) is 13.0. The van der Waals surface area contributed by atoms with Crippen molar-refractivity contribution in [2.45, 2.75) is 37.6 Å². The van der Waals surface area contributed by atoms with Gasteiger partial charge >= 0.3 is 10.1 Å². The summed E-state index contributed by atoms with van der Waals surface area (Å²) in [5.41, 5.74) is 1.45. The first-order chi connectivity index (χ1) is 12.6. The maximum absolute atomic E-state index is 12.6. The van der Waals surface area contributed by atoms with Gasteiger partial charge in [0.1, 0.15) is 4.90 Å². The highest BCUT2D eigenvalue weighted by molar-refractivity contribution is 7.87. The van der Waals surface area contributed by atoms with Gasteiger partial charge in [0.25, 0.3) is 0 Å². The number of ether oxygens (including phenoxy) is 1. The predicted octanol–water partition coefficient (Wildman–Crippen LogP) is 4.19. The van der Waals surface area contributed by atoms with Gasteiger partial charge in [-0.3, -0.25) is 0 Å². The molecule has 8 heteroatoms. The van der Waals surface area contributed by atoms with Crippen LogP contribution in [0.5, 0.6) is 11.5 Å². The fraction of sp³-hybridized carbons (Fsp3) is 0.316. The molecule has 0 spiro atoms. The first kappa shape index (κ1) is 21.0. The fourth-order valence-corrected chi connectivity index (χ4v) is 4.14. The Labute approximate surface area is 161 Å². The number of hydrogen-bond acceptors (Lipinski definition) is 6. The monoisotopic (exact) mass is 405 g/mol. The molecule has 144 valence electrons. The lowest BCUT2D eigenvalue weighted by Gasteiger charge is -2.22. The van der Waals surface area contributed by atoms with Crippen LogP contribution in [0.1, 0.15) is 17.2 Å². The minimum Gasteiger partial charge on any atom is -0.493 e. The van der Waals surface area contributed by atoms with Gasteiger partial charge in [-0.25, -0.2) is 0 Å². The second kappa shape index (κ2) is 8.13. The Morgan fingerprint density at radius 1 is 1.04 bits per heavy atom. The van der Waals surface area contributed by atoms with Crippen molar-refractivity contribution in [2.24, 2.45) is 0 Å². The Balaban J connectivity index is 2.40. The van der Waals surface area contributed by atoms with Crippen LogP contribution in [0.3, 0.4) is 0 Å². The van der Waals surface area contributed by atoms with E-state index in [1.807, 2.05) is 26.6 Å². The highest BCUT2D eigenvalue weighted by Gasteiger charge is 2.25. The average molecular weight is 406 g/mol. The highest BCUT2D eigenvalue weighted by atomic mass is 32.2. The molecule has 27 heavy (non-hydrogen) atoms. The van der Waals surface area contributed by atoms with E-state index in [0.29, 0.717) is 5.56 Å². The molecule has 1 unspecified atom stereocenters. The van der Waals surface area contributed by atoms with Crippen molar-refractivity contribution in [1.82, 2.24) is 0 Å². The van der Waals surface area contributed by atoms with E-state index in [-0.39, 0.29) is 16.4 Å². The van der Waals surface area contributed by atoms with Crippen LogP contribution >= 0.6 is 0 Å². The van der Waals surface area contributed by atoms with Gasteiger partial charge < -0.3 is 13.3 Å². The van der Waals surface area contributed by atoms with Crippen LogP contribution in [0.25, 0.3) is 0 Å². The van der Waals surface area contributed by atoms with Crippen molar-refractivity contribution < 1.29 is 21.8 Å². The van der Waals surface area contributed by atoms with Gasteiger partial charge in [-0.1, -0.05) is 23.8 Å². The fourth-order valence-electron chi connectivity index (χ4n) is 2.32. The van der Waals surface area contributed by atoms with Crippen molar-refractivity contribution in [2.75, 3.05) is 7.11 Å². The van der Waals surface area contributed by atoms with Crippen molar-refractivity contribution in [3.8, 4) is 17.6 Å². The van der Waals surface area contributed by atoms with E-state index in [2.05, 4.69) is 6.07 Å². The number of nitriles is 1. The summed E-state index contributed by atoms with van der Waals surface area (Å²) in [4.78, 5) is 0.0377. The molecule has 0 aromatic heterocycles. The van der Waals surface area contributed by atoms with Crippen LogP contribution in [-0.2, 0) is 14.5 Å². The topological polar surface area (TPSA) is 85.6 Å². The third-order valence-electron chi connectivity index (χ3n) is 3.59. The molecule has 0 fully saturated rings. The van der Waals surface area contributed by atoms with E-state index >= 15 is 0 Å². The molecule has 0 saturated heterocycles. The van der Waals surface area contributed by atoms with Gasteiger partial charge in [0.05, 0.1) is 13.2 Å². The third kappa shape index (κ3) is 5.56. The number of hydrogen-bond donors (Lipinski definition) is 0. The normalized spacial score (nSPS) is 12.9. The number of nitrogens with zero attached hydrogens (tertiary/aromatic N) is 1. The average Bonchev–Trinajstić information content (AvgIpc) is 2.59. The predicted molar refractivity (Wildman–Crippen MR) is 105 cm³/mol. The number of methoxy groups -OCH3 is 1. The molecule has 0 radical (unpaired) electrons. The molecule has 0 bridgehead atoms. The van der Waals surface area contributed by atoms with E-state index in [9.17, 15) is 13.7 Å². The SMILES string of the molecule is COc1ccc(C(C#N)O[Si](C)(C)C)cc1OS(=O)(=O)c1ccc(C)cc1. The van der Waals surface area contributed by atoms with E-state index in [1.54, 1.807) is 24.3 Å². The van der Waals surface area contributed by atoms with Crippen molar-refractivity contribution in [3.05, 3.63) is 53.6 Å². The Hall–Kier alpha value is -2.34. The van der Waals surface area contributed by atoms with Crippen LogP contribution in [0, 0.1) is 18.3 Å². The largest absolute Gasteiger partial charge is 0.493 e. The van der Waals surface area contributed by atoms with Gasteiger partial charge in [-0.2, -0.15) is 13.7 Å². The molecular weight excluding hydrogens is 382 g/mol. The lowest BCUT2D eigenvalue weighted by atomic mass is 10.1. The van der Waals surface area contributed by atoms with Gasteiger partial charge in [-0.15, -0.1) is 0 Å². The molecule has 0 amide bonds. The van der Waals surface area contributed by atoms with Crippen LogP contribution in [0.2, 0.25) is 19.6 Å². The van der Waals surface area contributed by atoms with E-state index in [0.717, 1.165) is 5.56 Å². The molecule has 6 nitrogen and oxygen atoms in total. The van der Waals surface area contributed by atoms with Gasteiger partial charge in [-0.05, 0) is 56.4 Å². The van der Waals surface area contributed by atoms with E-state index in [1.165, 1.54) is 25.3 Å². The molecule has 1 atom stereocenters. The standard InChI is InChI=1S/C19H23NO5SSi/c1-14-6-9-16(10-7-14)26(21,22)24-18-12-15(8-11-17(18)23-2)19(13-20)25-27(3,4)5/h6-12,19H,1-5H3. The van der Waals surface area contributed by atoms with Crippen molar-refractivity contribution >= 4 is 18.4 Å². The Morgan fingerprint density at radius 3 is 2.19 bits per heavy atom. The summed E-state index contributed by atoms with van der Waals surface area (Å²) in [6.45, 7) is 7.78. The van der Waals surface area contributed by atoms with Gasteiger partial charge in [0.2, 0.25) is 0 Å². The van der Waals surface area contributed by atoms with Crippen LogP contribution in [0.4, 0.5) is 0 Å². The highest BCUT2D eigenvalue weighted by Crippen LogP contribution is 2.34. The minimum absolute atomic E-state index is 0.00926. The summed E-state index contributed by atoms with van der Waals surface area (Å²) < 4.78 is 41.6. The molecule has 0 aliphatic carbocycles. The number of rotatable bonds is 7. The Morgan fingerprint density at radius 2 is 1.67 bits per heavy atom. The van der Waals surface area contributed by atoms with Crippen LogP contribution < -0.4 is 8.92 Å². The van der Waals surface area contributed by atoms with Crippen LogP contribution in [0.15, 0.2) is 47.4 Å². The summed E-state index contributed by atoms with van der Waals surface area (Å²) in [6, 6.07) is 13.1. The first-order valence-corrected chi connectivity index (χ1v) is 13.1. The third-order valence-corrected chi connectivity index (χ3v) is 5.78. The maximum Gasteiger partial charge on any atom is 0.339 e.